The minimum absolute atomic E-state index is 0.0260. The second-order valence-corrected chi connectivity index (χ2v) is 6.80. The van der Waals surface area contributed by atoms with Crippen molar-refractivity contribution in [2.45, 2.75) is 32.9 Å². The molecule has 27 heavy (non-hydrogen) atoms. The summed E-state index contributed by atoms with van der Waals surface area (Å²) in [5.74, 6) is -0.417. The van der Waals surface area contributed by atoms with Crippen LogP contribution < -0.4 is 10.2 Å². The van der Waals surface area contributed by atoms with E-state index in [1.807, 2.05) is 0 Å². The molecule has 144 valence electrons. The predicted octanol–water partition coefficient (Wildman–Crippen LogP) is 2.17. The highest BCUT2D eigenvalue weighted by molar-refractivity contribution is 5.78. The van der Waals surface area contributed by atoms with Gasteiger partial charge in [-0.1, -0.05) is 0 Å². The summed E-state index contributed by atoms with van der Waals surface area (Å²) in [4.78, 5) is 36.3. The molecule has 0 bridgehead atoms. The maximum absolute atomic E-state index is 12.0. The highest BCUT2D eigenvalue weighted by Gasteiger charge is 2.27. The number of ether oxygens (including phenoxy) is 1. The van der Waals surface area contributed by atoms with Gasteiger partial charge in [0, 0.05) is 26.0 Å². The van der Waals surface area contributed by atoms with Crippen LogP contribution in [0, 0.1) is 10.1 Å². The molecule has 0 fully saturated rings. The number of esters is 1. The average Bonchev–Trinajstić information content (AvgIpc) is 2.58. The third-order valence-corrected chi connectivity index (χ3v) is 3.34. The summed E-state index contributed by atoms with van der Waals surface area (Å²) in [6.07, 6.45) is 4.47. The molecule has 2 aromatic rings. The number of aromatic nitrogens is 3. The Labute approximate surface area is 156 Å². The van der Waals surface area contributed by atoms with E-state index in [0.29, 0.717) is 6.54 Å². The maximum atomic E-state index is 12.0. The zero-order valence-corrected chi connectivity index (χ0v) is 15.7. The highest BCUT2D eigenvalue weighted by atomic mass is 16.6. The Kier molecular flexibility index (Phi) is 6.22. The summed E-state index contributed by atoms with van der Waals surface area (Å²) < 4.78 is 5.25. The van der Waals surface area contributed by atoms with Crippen LogP contribution in [0.25, 0.3) is 0 Å². The van der Waals surface area contributed by atoms with Crippen LogP contribution in [0.4, 0.5) is 17.3 Å². The summed E-state index contributed by atoms with van der Waals surface area (Å²) in [5.41, 5.74) is -0.0635. The van der Waals surface area contributed by atoms with Crippen LogP contribution in [-0.2, 0) is 16.1 Å². The van der Waals surface area contributed by atoms with Crippen molar-refractivity contribution in [3.05, 3.63) is 46.5 Å². The lowest BCUT2D eigenvalue weighted by Gasteiger charge is -2.23. The first-order chi connectivity index (χ1) is 12.7. The molecular formula is C17H22N6O4. The van der Waals surface area contributed by atoms with Crippen molar-refractivity contribution in [3.63, 3.8) is 0 Å². The molecule has 0 radical (unpaired) electrons. The predicted molar refractivity (Wildman–Crippen MR) is 99.4 cm³/mol. The standard InChI is InChI=1S/C17H22N6O4/c1-17(2,3)27-13(24)10-22(4)16-14(23(25)26)15(20-11-21-16)19-9-12-5-7-18-8-6-12/h5-8,11H,9-10H2,1-4H3,(H,19,20,21). The number of carbonyl (C=O) groups is 1. The van der Waals surface area contributed by atoms with Crippen molar-refractivity contribution >= 4 is 23.3 Å². The minimum Gasteiger partial charge on any atom is -0.459 e. The molecule has 10 heteroatoms. The minimum atomic E-state index is -0.646. The molecule has 2 rings (SSSR count). The van der Waals surface area contributed by atoms with Crippen LogP contribution in [0.3, 0.4) is 0 Å². The van der Waals surface area contributed by atoms with Crippen LogP contribution >= 0.6 is 0 Å². The number of nitrogens with one attached hydrogen (secondary N) is 1. The normalized spacial score (nSPS) is 11.0. The first-order valence-electron chi connectivity index (χ1n) is 8.22. The molecule has 0 saturated heterocycles. The van der Waals surface area contributed by atoms with Crippen molar-refractivity contribution in [1.29, 1.82) is 0 Å². The monoisotopic (exact) mass is 374 g/mol. The van der Waals surface area contributed by atoms with Gasteiger partial charge in [0.2, 0.25) is 11.6 Å². The fourth-order valence-electron chi connectivity index (χ4n) is 2.28. The molecule has 0 aliphatic heterocycles. The molecule has 1 N–H and O–H groups in total. The van der Waals surface area contributed by atoms with Crippen molar-refractivity contribution in [2.75, 3.05) is 23.8 Å². The number of pyridine rings is 1. The van der Waals surface area contributed by atoms with Gasteiger partial charge in [0.15, 0.2) is 0 Å². The third kappa shape index (κ3) is 5.87. The van der Waals surface area contributed by atoms with Gasteiger partial charge in [-0.2, -0.15) is 0 Å². The molecular weight excluding hydrogens is 352 g/mol. The first kappa shape index (κ1) is 20.0. The zero-order valence-electron chi connectivity index (χ0n) is 15.7. The zero-order chi connectivity index (χ0) is 20.0. The van der Waals surface area contributed by atoms with Crippen molar-refractivity contribution < 1.29 is 14.5 Å². The maximum Gasteiger partial charge on any atom is 0.353 e. The largest absolute Gasteiger partial charge is 0.459 e. The van der Waals surface area contributed by atoms with E-state index in [2.05, 4.69) is 20.3 Å². The second-order valence-electron chi connectivity index (χ2n) is 6.80. The van der Waals surface area contributed by atoms with E-state index in [1.165, 1.54) is 18.3 Å². The topological polar surface area (TPSA) is 123 Å². The number of nitrogens with zero attached hydrogens (tertiary/aromatic N) is 5. The van der Waals surface area contributed by atoms with Gasteiger partial charge in [-0.25, -0.2) is 9.97 Å². The van der Waals surface area contributed by atoms with Crippen LogP contribution in [0.1, 0.15) is 26.3 Å². The van der Waals surface area contributed by atoms with E-state index in [1.54, 1.807) is 45.3 Å². The Morgan fingerprint density at radius 3 is 2.56 bits per heavy atom. The van der Waals surface area contributed by atoms with Crippen LogP contribution in [0.2, 0.25) is 0 Å². The molecule has 0 amide bonds. The first-order valence-corrected chi connectivity index (χ1v) is 8.22. The van der Waals surface area contributed by atoms with E-state index in [-0.39, 0.29) is 23.9 Å². The number of carbonyl (C=O) groups excluding carboxylic acids is 1. The SMILES string of the molecule is CN(CC(=O)OC(C)(C)C)c1ncnc(NCc2ccncc2)c1[N+](=O)[O-]. The molecule has 0 saturated carbocycles. The molecule has 2 heterocycles. The van der Waals surface area contributed by atoms with Crippen molar-refractivity contribution in [1.82, 2.24) is 15.0 Å². The van der Waals surface area contributed by atoms with Crippen LogP contribution in [0.15, 0.2) is 30.9 Å². The fraction of sp³-hybridized carbons (Fsp3) is 0.412. The number of rotatable bonds is 7. The molecule has 0 aliphatic rings. The second kappa shape index (κ2) is 8.39. The van der Waals surface area contributed by atoms with Gasteiger partial charge in [-0.05, 0) is 38.5 Å². The molecule has 10 nitrogen and oxygen atoms in total. The summed E-state index contributed by atoms with van der Waals surface area (Å²) >= 11 is 0. The summed E-state index contributed by atoms with van der Waals surface area (Å²) in [7, 11) is 1.53. The molecule has 0 aromatic carbocycles. The molecule has 2 aromatic heterocycles. The molecule has 0 spiro atoms. The van der Waals surface area contributed by atoms with Gasteiger partial charge < -0.3 is 15.0 Å². The quantitative estimate of drug-likeness (QED) is 0.441. The van der Waals surface area contributed by atoms with Gasteiger partial charge >= 0.3 is 11.7 Å². The summed E-state index contributed by atoms with van der Waals surface area (Å²) in [6, 6.07) is 3.57. The Bertz CT molecular complexity index is 807. The van der Waals surface area contributed by atoms with Gasteiger partial charge in [0.05, 0.1) is 4.92 Å². The van der Waals surface area contributed by atoms with Crippen molar-refractivity contribution in [2.24, 2.45) is 0 Å². The Morgan fingerprint density at radius 2 is 1.96 bits per heavy atom. The smallest absolute Gasteiger partial charge is 0.353 e. The Hall–Kier alpha value is -3.30. The van der Waals surface area contributed by atoms with Crippen LogP contribution in [-0.4, -0.2) is 45.0 Å². The lowest BCUT2D eigenvalue weighted by atomic mass is 10.2. The van der Waals surface area contributed by atoms with Gasteiger partial charge in [-0.3, -0.25) is 19.9 Å². The van der Waals surface area contributed by atoms with Gasteiger partial charge in [0.1, 0.15) is 18.5 Å². The van der Waals surface area contributed by atoms with Crippen LogP contribution in [0.5, 0.6) is 0 Å². The average molecular weight is 374 g/mol. The number of anilines is 2. The van der Waals surface area contributed by atoms with Gasteiger partial charge in [-0.15, -0.1) is 0 Å². The van der Waals surface area contributed by atoms with E-state index >= 15 is 0 Å². The van der Waals surface area contributed by atoms with E-state index in [0.717, 1.165) is 5.56 Å². The van der Waals surface area contributed by atoms with E-state index < -0.39 is 16.5 Å². The number of likely N-dealkylation sites (N-methyl/N-ethyl adjacent to an activating group) is 1. The summed E-state index contributed by atoms with van der Waals surface area (Å²) in [6.45, 7) is 5.39. The molecule has 0 atom stereocenters. The van der Waals surface area contributed by atoms with E-state index in [9.17, 15) is 14.9 Å². The lowest BCUT2D eigenvalue weighted by molar-refractivity contribution is -0.383. The molecule has 0 unspecified atom stereocenters. The number of hydrogen-bond acceptors (Lipinski definition) is 9. The van der Waals surface area contributed by atoms with Crippen molar-refractivity contribution in [3.8, 4) is 0 Å². The Morgan fingerprint density at radius 1 is 1.30 bits per heavy atom. The number of hydrogen-bond donors (Lipinski definition) is 1. The summed E-state index contributed by atoms with van der Waals surface area (Å²) in [5, 5.41) is 14.5. The Balaban J connectivity index is 2.21. The fourth-order valence-corrected chi connectivity index (χ4v) is 2.28. The number of nitro groups is 1. The third-order valence-electron chi connectivity index (χ3n) is 3.34. The molecule has 0 aliphatic carbocycles. The van der Waals surface area contributed by atoms with E-state index in [4.69, 9.17) is 4.74 Å². The van der Waals surface area contributed by atoms with Gasteiger partial charge in [0.25, 0.3) is 0 Å². The lowest BCUT2D eigenvalue weighted by Crippen LogP contribution is -2.33. The highest BCUT2D eigenvalue weighted by Crippen LogP contribution is 2.31.